The first-order chi connectivity index (χ1) is 6.09. The van der Waals surface area contributed by atoms with Gasteiger partial charge in [0.05, 0.1) is 11.2 Å². The maximum atomic E-state index is 11.1. The summed E-state index contributed by atoms with van der Waals surface area (Å²) in [7, 11) is 0. The van der Waals surface area contributed by atoms with Crippen molar-refractivity contribution in [1.82, 2.24) is 9.55 Å². The summed E-state index contributed by atoms with van der Waals surface area (Å²) in [5.41, 5.74) is -0.384. The molecule has 1 heterocycles. The zero-order valence-corrected chi connectivity index (χ0v) is 7.91. The molecule has 0 spiro atoms. The van der Waals surface area contributed by atoms with E-state index < -0.39 is 0 Å². The summed E-state index contributed by atoms with van der Waals surface area (Å²) in [4.78, 5) is 25.2. The number of carbonyl (C=O) groups excluding carboxylic acids is 1. The summed E-state index contributed by atoms with van der Waals surface area (Å²) in [5.74, 6) is 0.0341. The summed E-state index contributed by atoms with van der Waals surface area (Å²) in [5, 5.41) is 0.392. The van der Waals surface area contributed by atoms with Gasteiger partial charge in [-0.3, -0.25) is 9.36 Å². The fraction of sp³-hybridized carbons (Fsp3) is 0.375. The minimum Gasteiger partial charge on any atom is -0.300 e. The van der Waals surface area contributed by atoms with Gasteiger partial charge in [0.15, 0.2) is 0 Å². The largest absolute Gasteiger partial charge is 0.347 e. The van der Waals surface area contributed by atoms with Crippen molar-refractivity contribution in [2.24, 2.45) is 0 Å². The Hall–Kier alpha value is -1.16. The van der Waals surface area contributed by atoms with Crippen LogP contribution < -0.4 is 5.69 Å². The van der Waals surface area contributed by atoms with Gasteiger partial charge in [0.25, 0.3) is 0 Å². The van der Waals surface area contributed by atoms with Crippen LogP contribution in [-0.2, 0) is 11.3 Å². The number of halogens is 1. The van der Waals surface area contributed by atoms with Crippen molar-refractivity contribution < 1.29 is 4.79 Å². The molecule has 0 aliphatic carbocycles. The predicted molar refractivity (Wildman–Crippen MR) is 48.8 cm³/mol. The molecule has 0 atom stereocenters. The monoisotopic (exact) mass is 200 g/mol. The lowest BCUT2D eigenvalue weighted by molar-refractivity contribution is -0.117. The van der Waals surface area contributed by atoms with Crippen LogP contribution in [0.1, 0.15) is 13.3 Å². The lowest BCUT2D eigenvalue weighted by atomic mass is 10.3. The molecule has 0 fully saturated rings. The maximum Gasteiger partial charge on any atom is 0.347 e. The molecule has 0 unspecified atom stereocenters. The molecule has 0 aliphatic heterocycles. The van der Waals surface area contributed by atoms with Crippen LogP contribution >= 0.6 is 11.6 Å². The third kappa shape index (κ3) is 2.99. The molecule has 13 heavy (non-hydrogen) atoms. The van der Waals surface area contributed by atoms with Gasteiger partial charge in [-0.15, -0.1) is 0 Å². The van der Waals surface area contributed by atoms with E-state index in [1.165, 1.54) is 23.9 Å². The lowest BCUT2D eigenvalue weighted by Gasteiger charge is -2.01. The number of carbonyl (C=O) groups is 1. The van der Waals surface area contributed by atoms with Gasteiger partial charge in [-0.1, -0.05) is 11.6 Å². The van der Waals surface area contributed by atoms with Gasteiger partial charge in [-0.05, 0) is 6.92 Å². The Morgan fingerprint density at radius 2 is 2.38 bits per heavy atom. The fourth-order valence-corrected chi connectivity index (χ4v) is 1.03. The van der Waals surface area contributed by atoms with E-state index in [1.54, 1.807) is 0 Å². The Labute approximate surface area is 80.2 Å². The van der Waals surface area contributed by atoms with Crippen molar-refractivity contribution in [3.8, 4) is 0 Å². The van der Waals surface area contributed by atoms with Crippen molar-refractivity contribution in [2.75, 3.05) is 0 Å². The molecule has 0 radical (unpaired) electrons. The first-order valence-electron chi connectivity index (χ1n) is 3.81. The van der Waals surface area contributed by atoms with E-state index >= 15 is 0 Å². The van der Waals surface area contributed by atoms with E-state index in [-0.39, 0.29) is 11.5 Å². The summed E-state index contributed by atoms with van der Waals surface area (Å²) in [6, 6.07) is 0. The number of ketones is 1. The highest BCUT2D eigenvalue weighted by molar-refractivity contribution is 6.30. The number of aryl methyl sites for hydroxylation is 1. The van der Waals surface area contributed by atoms with Crippen molar-refractivity contribution >= 4 is 17.4 Å². The van der Waals surface area contributed by atoms with E-state index in [0.29, 0.717) is 18.0 Å². The average Bonchev–Trinajstić information content (AvgIpc) is 2.06. The third-order valence-electron chi connectivity index (χ3n) is 1.53. The van der Waals surface area contributed by atoms with Crippen LogP contribution in [-0.4, -0.2) is 15.3 Å². The molecule has 1 rings (SSSR count). The first kappa shape index (κ1) is 9.92. The number of aromatic nitrogens is 2. The van der Waals surface area contributed by atoms with Gasteiger partial charge < -0.3 is 0 Å². The predicted octanol–water partition coefficient (Wildman–Crippen LogP) is 0.876. The van der Waals surface area contributed by atoms with Crippen LogP contribution in [0.3, 0.4) is 0 Å². The van der Waals surface area contributed by atoms with Crippen molar-refractivity contribution in [3.63, 3.8) is 0 Å². The topological polar surface area (TPSA) is 52.0 Å². The molecule has 0 saturated carbocycles. The number of nitrogens with zero attached hydrogens (tertiary/aromatic N) is 2. The highest BCUT2D eigenvalue weighted by Crippen LogP contribution is 2.01. The standard InChI is InChI=1S/C8H9ClN2O2/c1-6(12)2-3-11-5-7(9)4-10-8(11)13/h4-5H,2-3H2,1H3. The molecule has 5 heteroatoms. The average molecular weight is 201 g/mol. The van der Waals surface area contributed by atoms with E-state index in [1.807, 2.05) is 0 Å². The summed E-state index contributed by atoms with van der Waals surface area (Å²) < 4.78 is 1.32. The van der Waals surface area contributed by atoms with Crippen molar-refractivity contribution in [3.05, 3.63) is 27.9 Å². The van der Waals surface area contributed by atoms with Gasteiger partial charge in [0, 0.05) is 19.2 Å². The number of hydrogen-bond donors (Lipinski definition) is 0. The summed E-state index contributed by atoms with van der Waals surface area (Å²) in [6.45, 7) is 1.81. The van der Waals surface area contributed by atoms with Crippen LogP contribution in [0, 0.1) is 0 Å². The second-order valence-electron chi connectivity index (χ2n) is 2.70. The van der Waals surface area contributed by atoms with Crippen LogP contribution in [0.25, 0.3) is 0 Å². The molecule has 1 aromatic rings. The minimum atomic E-state index is -0.384. The minimum absolute atomic E-state index is 0.0341. The third-order valence-corrected chi connectivity index (χ3v) is 1.72. The quantitative estimate of drug-likeness (QED) is 0.728. The second kappa shape index (κ2) is 4.18. The normalized spacial score (nSPS) is 10.0. The molecule has 0 amide bonds. The van der Waals surface area contributed by atoms with Crippen LogP contribution in [0.15, 0.2) is 17.2 Å². The fourth-order valence-electron chi connectivity index (χ4n) is 0.867. The highest BCUT2D eigenvalue weighted by atomic mass is 35.5. The van der Waals surface area contributed by atoms with Gasteiger partial charge >= 0.3 is 5.69 Å². The number of Topliss-reactive ketones (excluding diaryl/α,β-unsaturated/α-hetero) is 1. The maximum absolute atomic E-state index is 11.1. The van der Waals surface area contributed by atoms with Gasteiger partial charge in [-0.25, -0.2) is 9.78 Å². The molecule has 1 aromatic heterocycles. The van der Waals surface area contributed by atoms with Gasteiger partial charge in [-0.2, -0.15) is 0 Å². The Morgan fingerprint density at radius 3 is 3.00 bits per heavy atom. The Bertz CT molecular complexity index is 373. The molecule has 4 nitrogen and oxygen atoms in total. The number of hydrogen-bond acceptors (Lipinski definition) is 3. The summed E-state index contributed by atoms with van der Waals surface area (Å²) >= 11 is 5.62. The van der Waals surface area contributed by atoms with Crippen molar-refractivity contribution in [1.29, 1.82) is 0 Å². The van der Waals surface area contributed by atoms with E-state index in [2.05, 4.69) is 4.98 Å². The van der Waals surface area contributed by atoms with Crippen molar-refractivity contribution in [2.45, 2.75) is 19.9 Å². The molecule has 70 valence electrons. The Kier molecular flexibility index (Phi) is 3.19. The zero-order valence-electron chi connectivity index (χ0n) is 7.16. The van der Waals surface area contributed by atoms with E-state index in [0.717, 1.165) is 0 Å². The van der Waals surface area contributed by atoms with Crippen LogP contribution in [0.2, 0.25) is 5.02 Å². The second-order valence-corrected chi connectivity index (χ2v) is 3.14. The van der Waals surface area contributed by atoms with Gasteiger partial charge in [0.2, 0.25) is 0 Å². The first-order valence-corrected chi connectivity index (χ1v) is 4.19. The van der Waals surface area contributed by atoms with E-state index in [9.17, 15) is 9.59 Å². The molecular formula is C8H9ClN2O2. The van der Waals surface area contributed by atoms with Crippen LogP contribution in [0.4, 0.5) is 0 Å². The number of rotatable bonds is 3. The zero-order chi connectivity index (χ0) is 9.84. The molecule has 0 bridgehead atoms. The molecule has 0 N–H and O–H groups in total. The molecule has 0 saturated heterocycles. The molecular weight excluding hydrogens is 192 g/mol. The van der Waals surface area contributed by atoms with Crippen LogP contribution in [0.5, 0.6) is 0 Å². The highest BCUT2D eigenvalue weighted by Gasteiger charge is 1.99. The lowest BCUT2D eigenvalue weighted by Crippen LogP contribution is -2.22. The van der Waals surface area contributed by atoms with Gasteiger partial charge in [0.1, 0.15) is 5.78 Å². The molecule has 0 aliphatic rings. The molecule has 0 aromatic carbocycles. The Morgan fingerprint density at radius 1 is 1.69 bits per heavy atom. The summed E-state index contributed by atoms with van der Waals surface area (Å²) in [6.07, 6.45) is 3.08. The SMILES string of the molecule is CC(=O)CCn1cc(Cl)cnc1=O. The van der Waals surface area contributed by atoms with E-state index in [4.69, 9.17) is 11.6 Å². The smallest absolute Gasteiger partial charge is 0.300 e. The Balaban J connectivity index is 2.82.